The Bertz CT molecular complexity index is 987. The number of benzene rings is 1. The molecule has 4 rings (SSSR count). The van der Waals surface area contributed by atoms with E-state index < -0.39 is 22.1 Å². The highest BCUT2D eigenvalue weighted by Gasteiger charge is 2.33. The number of sulfonamides is 1. The van der Waals surface area contributed by atoms with Crippen LogP contribution < -0.4 is 20.1 Å². The van der Waals surface area contributed by atoms with E-state index in [0.29, 0.717) is 37.8 Å². The molecule has 0 unspecified atom stereocenters. The smallest absolute Gasteiger partial charge is 0.321 e. The number of urea groups is 1. The zero-order valence-corrected chi connectivity index (χ0v) is 20.4. The maximum atomic E-state index is 13.2. The third-order valence-corrected chi connectivity index (χ3v) is 8.63. The maximum absolute atomic E-state index is 13.2. The van der Waals surface area contributed by atoms with Gasteiger partial charge < -0.3 is 14.8 Å². The summed E-state index contributed by atoms with van der Waals surface area (Å²) in [6.07, 6.45) is 6.00. The molecule has 1 atom stereocenters. The molecule has 0 bridgehead atoms. The Kier molecular flexibility index (Phi) is 7.95. The van der Waals surface area contributed by atoms with Crippen molar-refractivity contribution in [1.82, 2.24) is 19.8 Å². The van der Waals surface area contributed by atoms with E-state index in [-0.39, 0.29) is 29.9 Å². The summed E-state index contributed by atoms with van der Waals surface area (Å²) >= 11 is 0. The highest BCUT2D eigenvalue weighted by Crippen LogP contribution is 2.33. The molecule has 1 aliphatic carbocycles. The molecule has 1 aromatic carbocycles. The third-order valence-electron chi connectivity index (χ3n) is 6.73. The maximum Gasteiger partial charge on any atom is 0.321 e. The minimum atomic E-state index is -3.71. The van der Waals surface area contributed by atoms with Crippen LogP contribution in [0.25, 0.3) is 0 Å². The lowest BCUT2D eigenvalue weighted by atomic mass is 9.96. The summed E-state index contributed by atoms with van der Waals surface area (Å²) in [6, 6.07) is 3.81. The second kappa shape index (κ2) is 10.9. The number of nitrogens with zero attached hydrogens (tertiary/aromatic N) is 2. The molecule has 2 aliphatic heterocycles. The van der Waals surface area contributed by atoms with Crippen LogP contribution >= 0.6 is 0 Å². The summed E-state index contributed by atoms with van der Waals surface area (Å²) < 4.78 is 39.0. The van der Waals surface area contributed by atoms with Crippen molar-refractivity contribution < 1.29 is 27.5 Å². The van der Waals surface area contributed by atoms with Crippen LogP contribution in [0, 0.1) is 0 Å². The first kappa shape index (κ1) is 24.7. The van der Waals surface area contributed by atoms with Gasteiger partial charge in [-0.25, -0.2) is 13.2 Å². The van der Waals surface area contributed by atoms with Gasteiger partial charge in [0.15, 0.2) is 11.5 Å². The van der Waals surface area contributed by atoms with Crippen molar-refractivity contribution in [2.75, 3.05) is 39.4 Å². The molecule has 188 valence electrons. The van der Waals surface area contributed by atoms with E-state index >= 15 is 0 Å². The molecule has 3 amide bonds. The second-order valence-corrected chi connectivity index (χ2v) is 11.0. The zero-order chi connectivity index (χ0) is 24.1. The van der Waals surface area contributed by atoms with Crippen molar-refractivity contribution in [2.45, 2.75) is 62.4 Å². The third kappa shape index (κ3) is 5.81. The van der Waals surface area contributed by atoms with Gasteiger partial charge in [-0.3, -0.25) is 15.0 Å². The molecule has 2 fully saturated rings. The van der Waals surface area contributed by atoms with E-state index in [0.717, 1.165) is 32.1 Å². The molecule has 1 aromatic rings. The summed E-state index contributed by atoms with van der Waals surface area (Å²) in [6.45, 7) is 4.04. The van der Waals surface area contributed by atoms with Gasteiger partial charge in [0.05, 0.1) is 24.2 Å². The minimum Gasteiger partial charge on any atom is -0.490 e. The lowest BCUT2D eigenvalue weighted by molar-refractivity contribution is -0.125. The lowest BCUT2D eigenvalue weighted by Gasteiger charge is -2.36. The van der Waals surface area contributed by atoms with Crippen LogP contribution in [0.2, 0.25) is 0 Å². The number of rotatable bonds is 5. The zero-order valence-electron chi connectivity index (χ0n) is 19.6. The van der Waals surface area contributed by atoms with Gasteiger partial charge in [0.1, 0.15) is 0 Å². The predicted molar refractivity (Wildman–Crippen MR) is 125 cm³/mol. The second-order valence-electron chi connectivity index (χ2n) is 9.07. The quantitative estimate of drug-likeness (QED) is 0.640. The van der Waals surface area contributed by atoms with Crippen LogP contribution in [0.1, 0.15) is 45.4 Å². The molecule has 2 heterocycles. The fraction of sp³-hybridized carbons (Fsp3) is 0.652. The normalized spacial score (nSPS) is 21.3. The van der Waals surface area contributed by atoms with Crippen molar-refractivity contribution in [3.8, 4) is 11.5 Å². The number of carbonyl (C=O) groups excluding carboxylic acids is 2. The Morgan fingerprint density at radius 2 is 1.65 bits per heavy atom. The van der Waals surface area contributed by atoms with Gasteiger partial charge in [-0.2, -0.15) is 4.31 Å². The monoisotopic (exact) mass is 494 g/mol. The van der Waals surface area contributed by atoms with Crippen molar-refractivity contribution in [1.29, 1.82) is 0 Å². The molecular formula is C23H34N4O6S. The Labute approximate surface area is 201 Å². The van der Waals surface area contributed by atoms with Crippen molar-refractivity contribution >= 4 is 22.0 Å². The first-order chi connectivity index (χ1) is 16.3. The molecular weight excluding hydrogens is 460 g/mol. The summed E-state index contributed by atoms with van der Waals surface area (Å²) in [4.78, 5) is 26.8. The highest BCUT2D eigenvalue weighted by molar-refractivity contribution is 7.89. The molecule has 3 aliphatic rings. The van der Waals surface area contributed by atoms with Crippen LogP contribution in [0.4, 0.5) is 4.79 Å². The average molecular weight is 495 g/mol. The molecule has 1 saturated heterocycles. The number of hydrogen-bond acceptors (Lipinski definition) is 7. The highest BCUT2D eigenvalue weighted by atomic mass is 32.2. The summed E-state index contributed by atoms with van der Waals surface area (Å²) in [5, 5.41) is 5.32. The van der Waals surface area contributed by atoms with E-state index in [2.05, 4.69) is 10.6 Å². The van der Waals surface area contributed by atoms with Gasteiger partial charge in [-0.1, -0.05) is 19.3 Å². The van der Waals surface area contributed by atoms with E-state index in [4.69, 9.17) is 9.47 Å². The molecule has 0 aromatic heterocycles. The Balaban J connectivity index is 1.30. The number of fused-ring (bicyclic) bond motifs is 1. The molecule has 0 radical (unpaired) electrons. The number of nitrogens with one attached hydrogen (secondary N) is 2. The predicted octanol–water partition coefficient (Wildman–Crippen LogP) is 1.70. The van der Waals surface area contributed by atoms with Crippen molar-refractivity contribution in [3.63, 3.8) is 0 Å². The molecule has 34 heavy (non-hydrogen) atoms. The summed E-state index contributed by atoms with van der Waals surface area (Å²) in [7, 11) is -3.71. The fourth-order valence-electron chi connectivity index (χ4n) is 4.63. The van der Waals surface area contributed by atoms with Gasteiger partial charge in [-0.15, -0.1) is 0 Å². The summed E-state index contributed by atoms with van der Waals surface area (Å²) in [5.41, 5.74) is 0. The van der Waals surface area contributed by atoms with Crippen LogP contribution in [0.3, 0.4) is 0 Å². The Morgan fingerprint density at radius 3 is 2.35 bits per heavy atom. The first-order valence-electron chi connectivity index (χ1n) is 12.1. The van der Waals surface area contributed by atoms with E-state index in [1.807, 2.05) is 4.90 Å². The fourth-order valence-corrected chi connectivity index (χ4v) is 6.07. The van der Waals surface area contributed by atoms with Crippen LogP contribution in [-0.4, -0.2) is 81.0 Å². The molecule has 1 saturated carbocycles. The number of hydrogen-bond donors (Lipinski definition) is 2. The number of piperazine rings is 1. The van der Waals surface area contributed by atoms with Crippen molar-refractivity contribution in [3.05, 3.63) is 18.2 Å². The molecule has 2 N–H and O–H groups in total. The van der Waals surface area contributed by atoms with E-state index in [1.54, 1.807) is 13.0 Å². The van der Waals surface area contributed by atoms with E-state index in [1.165, 1.54) is 22.9 Å². The van der Waals surface area contributed by atoms with Gasteiger partial charge in [0.25, 0.3) is 0 Å². The largest absolute Gasteiger partial charge is 0.490 e. The SMILES string of the molecule is C[C@H](C(=O)NC(=O)NC1CCCCC1)N1CCN(S(=O)(=O)c2ccc3c(c2)OCCCO3)CC1. The number of carbonyl (C=O) groups is 2. The van der Waals surface area contributed by atoms with Gasteiger partial charge in [0.2, 0.25) is 15.9 Å². The van der Waals surface area contributed by atoms with E-state index in [9.17, 15) is 18.0 Å². The van der Waals surface area contributed by atoms with Crippen LogP contribution in [0.5, 0.6) is 11.5 Å². The van der Waals surface area contributed by atoms with Gasteiger partial charge in [-0.05, 0) is 31.9 Å². The van der Waals surface area contributed by atoms with Crippen LogP contribution in [-0.2, 0) is 14.8 Å². The first-order valence-corrected chi connectivity index (χ1v) is 13.5. The molecule has 11 heteroatoms. The Morgan fingerprint density at radius 1 is 0.971 bits per heavy atom. The standard InChI is InChI=1S/C23H34N4O6S/c1-17(22(28)25-23(29)24-18-6-3-2-4-7-18)26-10-12-27(13-11-26)34(30,31)19-8-9-20-21(16-19)33-15-5-14-32-20/h8-9,16-18H,2-7,10-15H2,1H3,(H2,24,25,28,29)/t17-/m1/s1. The lowest BCUT2D eigenvalue weighted by Crippen LogP contribution is -2.56. The van der Waals surface area contributed by atoms with Crippen LogP contribution in [0.15, 0.2) is 23.1 Å². The number of amides is 3. The van der Waals surface area contributed by atoms with Gasteiger partial charge >= 0.3 is 6.03 Å². The molecule has 10 nitrogen and oxygen atoms in total. The number of imide groups is 1. The average Bonchev–Trinajstić information content (AvgIpc) is 3.09. The topological polar surface area (TPSA) is 117 Å². The van der Waals surface area contributed by atoms with Crippen molar-refractivity contribution in [2.24, 2.45) is 0 Å². The number of ether oxygens (including phenoxy) is 2. The van der Waals surface area contributed by atoms with Gasteiger partial charge in [0, 0.05) is 44.7 Å². The Hall–Kier alpha value is -2.37. The minimum absolute atomic E-state index is 0.121. The summed E-state index contributed by atoms with van der Waals surface area (Å²) in [5.74, 6) is 0.607. The molecule has 0 spiro atoms.